The lowest BCUT2D eigenvalue weighted by atomic mass is 9.92. The Morgan fingerprint density at radius 1 is 0.947 bits per heavy atom. The van der Waals surface area contributed by atoms with Crippen LogP contribution in [0.5, 0.6) is 0 Å². The molecular weight excluding hydrogens is 236 g/mol. The molecule has 3 N–H and O–H groups in total. The molecule has 2 fully saturated rings. The molecule has 3 heteroatoms. The number of hydrogen-bond acceptors (Lipinski definition) is 2. The van der Waals surface area contributed by atoms with E-state index < -0.39 is 0 Å². The molecule has 2 rings (SSSR count). The van der Waals surface area contributed by atoms with E-state index in [1.54, 1.807) is 0 Å². The van der Waals surface area contributed by atoms with Gasteiger partial charge >= 0.3 is 0 Å². The highest BCUT2D eigenvalue weighted by Gasteiger charge is 2.30. The molecule has 19 heavy (non-hydrogen) atoms. The van der Waals surface area contributed by atoms with Crippen LogP contribution in [0.15, 0.2) is 0 Å². The minimum absolute atomic E-state index is 0.0537. The first kappa shape index (κ1) is 14.8. The molecule has 2 aliphatic rings. The molecule has 0 aliphatic heterocycles. The van der Waals surface area contributed by atoms with Crippen LogP contribution in [-0.4, -0.2) is 18.0 Å². The van der Waals surface area contributed by atoms with Crippen LogP contribution >= 0.6 is 0 Å². The van der Waals surface area contributed by atoms with E-state index in [2.05, 4.69) is 12.2 Å². The summed E-state index contributed by atoms with van der Waals surface area (Å²) in [5, 5.41) is 3.32. The van der Waals surface area contributed by atoms with Gasteiger partial charge in [0.1, 0.15) is 0 Å². The van der Waals surface area contributed by atoms with Crippen LogP contribution in [0.25, 0.3) is 0 Å². The van der Waals surface area contributed by atoms with Crippen LogP contribution < -0.4 is 11.1 Å². The second-order valence-corrected chi connectivity index (χ2v) is 6.64. The third-order valence-electron chi connectivity index (χ3n) is 5.10. The van der Waals surface area contributed by atoms with Crippen molar-refractivity contribution in [3.05, 3.63) is 0 Å². The second-order valence-electron chi connectivity index (χ2n) is 6.64. The average molecular weight is 266 g/mol. The van der Waals surface area contributed by atoms with Gasteiger partial charge in [0.05, 0.1) is 5.92 Å². The molecule has 2 saturated carbocycles. The van der Waals surface area contributed by atoms with Crippen molar-refractivity contribution in [1.82, 2.24) is 5.32 Å². The summed E-state index contributed by atoms with van der Waals surface area (Å²) in [7, 11) is 0. The van der Waals surface area contributed by atoms with Gasteiger partial charge in [0.2, 0.25) is 5.91 Å². The van der Waals surface area contributed by atoms with E-state index in [0.717, 1.165) is 25.7 Å². The Morgan fingerprint density at radius 3 is 2.37 bits per heavy atom. The molecule has 0 bridgehead atoms. The number of amides is 1. The summed E-state index contributed by atoms with van der Waals surface area (Å²) in [4.78, 5) is 12.5. The van der Waals surface area contributed by atoms with Gasteiger partial charge in [-0.3, -0.25) is 4.79 Å². The van der Waals surface area contributed by atoms with Crippen LogP contribution in [-0.2, 0) is 4.79 Å². The normalized spacial score (nSPS) is 37.2. The molecule has 0 aromatic rings. The zero-order valence-electron chi connectivity index (χ0n) is 12.4. The first-order valence-electron chi connectivity index (χ1n) is 8.24. The fourth-order valence-corrected chi connectivity index (χ4v) is 3.66. The van der Waals surface area contributed by atoms with Gasteiger partial charge in [-0.25, -0.2) is 0 Å². The van der Waals surface area contributed by atoms with Crippen molar-refractivity contribution in [2.75, 3.05) is 0 Å². The highest BCUT2D eigenvalue weighted by Crippen LogP contribution is 2.26. The van der Waals surface area contributed by atoms with Crippen molar-refractivity contribution in [3.8, 4) is 0 Å². The Hall–Kier alpha value is -0.570. The molecule has 3 nitrogen and oxygen atoms in total. The van der Waals surface area contributed by atoms with Crippen molar-refractivity contribution in [1.29, 1.82) is 0 Å². The maximum absolute atomic E-state index is 12.5. The summed E-state index contributed by atoms with van der Waals surface area (Å²) >= 11 is 0. The number of nitrogens with one attached hydrogen (secondary N) is 1. The summed E-state index contributed by atoms with van der Waals surface area (Å²) in [6.07, 6.45) is 11.9. The standard InChI is InChI=1S/C16H30N2O/c1-12-8-4-2-7-11-15(12)18-16(19)13-9-5-3-6-10-14(13)17/h12-15H,2-11,17H2,1H3,(H,18,19). The molecule has 0 saturated heterocycles. The molecule has 4 unspecified atom stereocenters. The highest BCUT2D eigenvalue weighted by atomic mass is 16.2. The molecule has 0 aromatic carbocycles. The van der Waals surface area contributed by atoms with Crippen molar-refractivity contribution < 1.29 is 4.79 Å². The predicted octanol–water partition coefficient (Wildman–Crippen LogP) is 2.98. The lowest BCUT2D eigenvalue weighted by Gasteiger charge is -2.27. The Morgan fingerprint density at radius 2 is 1.58 bits per heavy atom. The maximum atomic E-state index is 12.5. The molecule has 2 aliphatic carbocycles. The lowest BCUT2D eigenvalue weighted by molar-refractivity contribution is -0.127. The summed E-state index contributed by atoms with van der Waals surface area (Å²) in [6.45, 7) is 2.28. The van der Waals surface area contributed by atoms with Gasteiger partial charge in [-0.2, -0.15) is 0 Å². The van der Waals surface area contributed by atoms with E-state index in [1.165, 1.54) is 38.5 Å². The fraction of sp³-hybridized carbons (Fsp3) is 0.938. The van der Waals surface area contributed by atoms with Crippen LogP contribution in [0.1, 0.15) is 71.1 Å². The number of hydrogen-bond donors (Lipinski definition) is 2. The average Bonchev–Trinajstić information content (AvgIpc) is 2.71. The topological polar surface area (TPSA) is 55.1 Å². The van der Waals surface area contributed by atoms with Crippen LogP contribution in [0, 0.1) is 11.8 Å². The fourth-order valence-electron chi connectivity index (χ4n) is 3.66. The first-order chi connectivity index (χ1) is 9.18. The Balaban J connectivity index is 1.90. The van der Waals surface area contributed by atoms with Gasteiger partial charge in [-0.15, -0.1) is 0 Å². The molecule has 0 radical (unpaired) electrons. The summed E-state index contributed by atoms with van der Waals surface area (Å²) < 4.78 is 0. The summed E-state index contributed by atoms with van der Waals surface area (Å²) in [5.41, 5.74) is 6.19. The predicted molar refractivity (Wildman–Crippen MR) is 78.7 cm³/mol. The monoisotopic (exact) mass is 266 g/mol. The maximum Gasteiger partial charge on any atom is 0.224 e. The minimum Gasteiger partial charge on any atom is -0.353 e. The lowest BCUT2D eigenvalue weighted by Crippen LogP contribution is -2.47. The number of rotatable bonds is 2. The SMILES string of the molecule is CC1CCCCCC1NC(=O)C1CCCCCC1N. The van der Waals surface area contributed by atoms with Gasteiger partial charge < -0.3 is 11.1 Å². The molecule has 0 aromatic heterocycles. The van der Waals surface area contributed by atoms with Crippen LogP contribution in [0.2, 0.25) is 0 Å². The van der Waals surface area contributed by atoms with Crippen molar-refractivity contribution in [2.24, 2.45) is 17.6 Å². The van der Waals surface area contributed by atoms with Crippen molar-refractivity contribution in [2.45, 2.75) is 83.2 Å². The molecule has 0 heterocycles. The molecule has 1 amide bonds. The summed E-state index contributed by atoms with van der Waals surface area (Å²) in [5.74, 6) is 0.902. The van der Waals surface area contributed by atoms with Crippen molar-refractivity contribution in [3.63, 3.8) is 0 Å². The summed E-state index contributed by atoms with van der Waals surface area (Å²) in [6, 6.07) is 0.453. The zero-order valence-corrected chi connectivity index (χ0v) is 12.4. The van der Waals surface area contributed by atoms with Gasteiger partial charge in [0.25, 0.3) is 0 Å². The Bertz CT molecular complexity index is 292. The van der Waals surface area contributed by atoms with Gasteiger partial charge in [0, 0.05) is 12.1 Å². The molecule has 0 spiro atoms. The minimum atomic E-state index is 0.0537. The van der Waals surface area contributed by atoms with E-state index in [1.807, 2.05) is 0 Å². The first-order valence-corrected chi connectivity index (χ1v) is 8.24. The van der Waals surface area contributed by atoms with E-state index in [4.69, 9.17) is 5.73 Å². The Labute approximate surface area is 117 Å². The zero-order chi connectivity index (χ0) is 13.7. The Kier molecular flexibility index (Phi) is 5.68. The number of nitrogens with two attached hydrogens (primary N) is 1. The van der Waals surface area contributed by atoms with E-state index >= 15 is 0 Å². The third kappa shape index (κ3) is 4.20. The van der Waals surface area contributed by atoms with Crippen LogP contribution in [0.3, 0.4) is 0 Å². The number of carbonyl (C=O) groups excluding carboxylic acids is 1. The molecule has 110 valence electrons. The van der Waals surface area contributed by atoms with Gasteiger partial charge in [-0.05, 0) is 31.6 Å². The van der Waals surface area contributed by atoms with E-state index in [-0.39, 0.29) is 17.9 Å². The second kappa shape index (κ2) is 7.28. The van der Waals surface area contributed by atoms with Crippen molar-refractivity contribution >= 4 is 5.91 Å². The van der Waals surface area contributed by atoms with E-state index in [9.17, 15) is 4.79 Å². The third-order valence-corrected chi connectivity index (χ3v) is 5.10. The number of carbonyl (C=O) groups is 1. The van der Waals surface area contributed by atoms with Crippen LogP contribution in [0.4, 0.5) is 0 Å². The molecule has 4 atom stereocenters. The quantitative estimate of drug-likeness (QED) is 0.755. The van der Waals surface area contributed by atoms with Gasteiger partial charge in [0.15, 0.2) is 0 Å². The highest BCUT2D eigenvalue weighted by molar-refractivity contribution is 5.79. The van der Waals surface area contributed by atoms with Gasteiger partial charge in [-0.1, -0.05) is 45.4 Å². The smallest absolute Gasteiger partial charge is 0.224 e. The van der Waals surface area contributed by atoms with E-state index in [0.29, 0.717) is 12.0 Å². The molecular formula is C16H30N2O. The largest absolute Gasteiger partial charge is 0.353 e.